The Morgan fingerprint density at radius 3 is 2.64 bits per heavy atom. The number of rotatable bonds is 2. The van der Waals surface area contributed by atoms with Crippen LogP contribution in [0.25, 0.3) is 0 Å². The highest BCUT2D eigenvalue weighted by Crippen LogP contribution is 2.16. The molecule has 1 aliphatic rings. The van der Waals surface area contributed by atoms with E-state index in [1.807, 2.05) is 26.0 Å². The molecule has 1 fully saturated rings. The van der Waals surface area contributed by atoms with Gasteiger partial charge < -0.3 is 9.80 Å². The zero-order valence-corrected chi connectivity index (χ0v) is 7.50. The molecule has 1 amide bonds. The van der Waals surface area contributed by atoms with Crippen molar-refractivity contribution in [1.82, 2.24) is 9.80 Å². The van der Waals surface area contributed by atoms with Crippen molar-refractivity contribution in [3.63, 3.8) is 0 Å². The van der Waals surface area contributed by atoms with E-state index in [4.69, 9.17) is 0 Å². The van der Waals surface area contributed by atoms with Crippen LogP contribution in [0.4, 0.5) is 0 Å². The van der Waals surface area contributed by atoms with Crippen molar-refractivity contribution < 1.29 is 4.79 Å². The first kappa shape index (κ1) is 8.53. The van der Waals surface area contributed by atoms with E-state index < -0.39 is 0 Å². The summed E-state index contributed by atoms with van der Waals surface area (Å²) in [7, 11) is 5.88. The lowest BCUT2D eigenvalue weighted by atomic mass is 10.1. The summed E-state index contributed by atoms with van der Waals surface area (Å²) in [5.74, 6) is 0.550. The molecule has 3 nitrogen and oxygen atoms in total. The van der Waals surface area contributed by atoms with Crippen molar-refractivity contribution in [2.24, 2.45) is 5.92 Å². The zero-order chi connectivity index (χ0) is 8.43. The fraction of sp³-hybridized carbons (Fsp3) is 0.875. The van der Waals surface area contributed by atoms with Gasteiger partial charge in [-0.25, -0.2) is 0 Å². The highest BCUT2D eigenvalue weighted by molar-refractivity contribution is 5.80. The number of hydrogen-bond donors (Lipinski definition) is 0. The standard InChI is InChI=1S/C8H16N2O/c1-9(2)6-7-4-5-10(3)8(7)11/h7H,4-6H2,1-3H3. The molecule has 0 aromatic carbocycles. The average Bonchev–Trinajstić information content (AvgIpc) is 2.18. The molecule has 1 rings (SSSR count). The Bertz CT molecular complexity index is 156. The topological polar surface area (TPSA) is 23.6 Å². The number of nitrogens with zero attached hydrogens (tertiary/aromatic N) is 2. The van der Waals surface area contributed by atoms with Crippen LogP contribution >= 0.6 is 0 Å². The lowest BCUT2D eigenvalue weighted by molar-refractivity contribution is -0.130. The summed E-state index contributed by atoms with van der Waals surface area (Å²) in [6.07, 6.45) is 1.02. The zero-order valence-electron chi connectivity index (χ0n) is 7.50. The highest BCUT2D eigenvalue weighted by Gasteiger charge is 2.28. The van der Waals surface area contributed by atoms with Crippen LogP contribution in [0.1, 0.15) is 6.42 Å². The number of hydrogen-bond acceptors (Lipinski definition) is 2. The molecule has 0 N–H and O–H groups in total. The summed E-state index contributed by atoms with van der Waals surface area (Å²) in [5.41, 5.74) is 0. The molecule has 0 radical (unpaired) electrons. The second kappa shape index (κ2) is 3.22. The van der Waals surface area contributed by atoms with Gasteiger partial charge in [0.25, 0.3) is 0 Å². The molecular weight excluding hydrogens is 140 g/mol. The fourth-order valence-electron chi connectivity index (χ4n) is 1.50. The Morgan fingerprint density at radius 2 is 2.27 bits per heavy atom. The molecule has 0 aromatic rings. The van der Waals surface area contributed by atoms with Crippen molar-refractivity contribution in [1.29, 1.82) is 0 Å². The second-order valence-electron chi connectivity index (χ2n) is 3.51. The number of carbonyl (C=O) groups excluding carboxylic acids is 1. The van der Waals surface area contributed by atoms with E-state index in [2.05, 4.69) is 4.90 Å². The van der Waals surface area contributed by atoms with Crippen LogP contribution in [0.3, 0.4) is 0 Å². The van der Waals surface area contributed by atoms with Crippen molar-refractivity contribution in [2.75, 3.05) is 34.2 Å². The molecule has 1 saturated heterocycles. The Labute approximate surface area is 68.0 Å². The third-order valence-corrected chi connectivity index (χ3v) is 2.12. The maximum atomic E-state index is 11.3. The monoisotopic (exact) mass is 156 g/mol. The van der Waals surface area contributed by atoms with Crippen LogP contribution in [0.2, 0.25) is 0 Å². The van der Waals surface area contributed by atoms with Crippen molar-refractivity contribution in [3.05, 3.63) is 0 Å². The van der Waals surface area contributed by atoms with E-state index in [1.54, 1.807) is 0 Å². The van der Waals surface area contributed by atoms with E-state index in [0.29, 0.717) is 5.91 Å². The molecule has 0 aromatic heterocycles. The van der Waals surface area contributed by atoms with E-state index in [9.17, 15) is 4.79 Å². The van der Waals surface area contributed by atoms with Gasteiger partial charge in [0.1, 0.15) is 0 Å². The quantitative estimate of drug-likeness (QED) is 0.563. The molecule has 0 saturated carbocycles. The lowest BCUT2D eigenvalue weighted by Crippen LogP contribution is -2.29. The molecule has 1 atom stereocenters. The molecule has 3 heteroatoms. The summed E-state index contributed by atoms with van der Waals surface area (Å²) in [5, 5.41) is 0. The highest BCUT2D eigenvalue weighted by atomic mass is 16.2. The Morgan fingerprint density at radius 1 is 1.64 bits per heavy atom. The molecule has 0 bridgehead atoms. The van der Waals surface area contributed by atoms with Gasteiger partial charge in [-0.1, -0.05) is 0 Å². The third kappa shape index (κ3) is 1.93. The first-order valence-corrected chi connectivity index (χ1v) is 4.01. The van der Waals surface area contributed by atoms with Crippen LogP contribution in [-0.4, -0.2) is 49.9 Å². The predicted molar refractivity (Wildman–Crippen MR) is 44.3 cm³/mol. The Kier molecular flexibility index (Phi) is 2.49. The van der Waals surface area contributed by atoms with Crippen molar-refractivity contribution in [3.8, 4) is 0 Å². The van der Waals surface area contributed by atoms with E-state index >= 15 is 0 Å². The molecule has 11 heavy (non-hydrogen) atoms. The van der Waals surface area contributed by atoms with E-state index in [0.717, 1.165) is 19.5 Å². The van der Waals surface area contributed by atoms with Crippen LogP contribution in [-0.2, 0) is 4.79 Å². The van der Waals surface area contributed by atoms with Crippen LogP contribution in [0, 0.1) is 5.92 Å². The van der Waals surface area contributed by atoms with Gasteiger partial charge in [0, 0.05) is 20.1 Å². The van der Waals surface area contributed by atoms with Gasteiger partial charge in [-0.15, -0.1) is 0 Å². The summed E-state index contributed by atoms with van der Waals surface area (Å²) in [4.78, 5) is 15.2. The normalized spacial score (nSPS) is 25.3. The second-order valence-corrected chi connectivity index (χ2v) is 3.51. The molecule has 1 aliphatic heterocycles. The predicted octanol–water partition coefficient (Wildman–Crippen LogP) is 0.0263. The minimum atomic E-state index is 0.245. The SMILES string of the molecule is CN(C)CC1CCN(C)C1=O. The van der Waals surface area contributed by atoms with Crippen LogP contribution < -0.4 is 0 Å². The van der Waals surface area contributed by atoms with Gasteiger partial charge in [-0.3, -0.25) is 4.79 Å². The van der Waals surface area contributed by atoms with Crippen LogP contribution in [0.15, 0.2) is 0 Å². The number of likely N-dealkylation sites (tertiary alicyclic amines) is 1. The van der Waals surface area contributed by atoms with Gasteiger partial charge in [-0.2, -0.15) is 0 Å². The largest absolute Gasteiger partial charge is 0.345 e. The fourth-order valence-corrected chi connectivity index (χ4v) is 1.50. The van der Waals surface area contributed by atoms with Gasteiger partial charge in [-0.05, 0) is 20.5 Å². The van der Waals surface area contributed by atoms with E-state index in [-0.39, 0.29) is 5.92 Å². The molecule has 64 valence electrons. The number of amides is 1. The van der Waals surface area contributed by atoms with Gasteiger partial charge >= 0.3 is 0 Å². The summed E-state index contributed by atoms with van der Waals surface area (Å²) in [6, 6.07) is 0. The Hall–Kier alpha value is -0.570. The molecule has 1 unspecified atom stereocenters. The van der Waals surface area contributed by atoms with Gasteiger partial charge in [0.05, 0.1) is 5.92 Å². The summed E-state index contributed by atoms with van der Waals surface area (Å²) >= 11 is 0. The third-order valence-electron chi connectivity index (χ3n) is 2.12. The first-order chi connectivity index (χ1) is 5.11. The molecule has 1 heterocycles. The van der Waals surface area contributed by atoms with Gasteiger partial charge in [0.2, 0.25) is 5.91 Å². The summed E-state index contributed by atoms with van der Waals surface area (Å²) in [6.45, 7) is 1.82. The van der Waals surface area contributed by atoms with E-state index in [1.165, 1.54) is 0 Å². The molecular formula is C8H16N2O. The first-order valence-electron chi connectivity index (χ1n) is 4.01. The maximum Gasteiger partial charge on any atom is 0.226 e. The maximum absolute atomic E-state index is 11.3. The number of carbonyl (C=O) groups is 1. The minimum absolute atomic E-state index is 0.245. The van der Waals surface area contributed by atoms with Gasteiger partial charge in [0.15, 0.2) is 0 Å². The summed E-state index contributed by atoms with van der Waals surface area (Å²) < 4.78 is 0. The minimum Gasteiger partial charge on any atom is -0.345 e. The Balaban J connectivity index is 2.42. The average molecular weight is 156 g/mol. The molecule has 0 spiro atoms. The van der Waals surface area contributed by atoms with Crippen LogP contribution in [0.5, 0.6) is 0 Å². The molecule has 0 aliphatic carbocycles. The van der Waals surface area contributed by atoms with Crippen molar-refractivity contribution in [2.45, 2.75) is 6.42 Å². The van der Waals surface area contributed by atoms with Crippen molar-refractivity contribution >= 4 is 5.91 Å². The lowest BCUT2D eigenvalue weighted by Gasteiger charge is -2.14. The smallest absolute Gasteiger partial charge is 0.226 e.